The number of imide groups is 1. The molecule has 1 N–H and O–H groups in total. The molecule has 0 aliphatic carbocycles. The fourth-order valence-electron chi connectivity index (χ4n) is 2.72. The number of carbonyl (C=O) groups excluding carboxylic acids is 3. The van der Waals surface area contributed by atoms with E-state index in [1.54, 1.807) is 12.1 Å². The summed E-state index contributed by atoms with van der Waals surface area (Å²) < 4.78 is 21.4. The number of nitrogens with one attached hydrogen (secondary N) is 1. The van der Waals surface area contributed by atoms with Gasteiger partial charge in [-0.05, 0) is 30.7 Å². The van der Waals surface area contributed by atoms with E-state index in [1.165, 1.54) is 26.2 Å². The van der Waals surface area contributed by atoms with Gasteiger partial charge in [0.05, 0.1) is 7.11 Å². The predicted molar refractivity (Wildman–Crippen MR) is 93.7 cm³/mol. The number of hydrogen-bond donors (Lipinski definition) is 1. The predicted octanol–water partition coefficient (Wildman–Crippen LogP) is 0.963. The summed E-state index contributed by atoms with van der Waals surface area (Å²) in [4.78, 5) is 36.7. The van der Waals surface area contributed by atoms with E-state index in [1.807, 2.05) is 0 Å². The first-order chi connectivity index (χ1) is 13.0. The van der Waals surface area contributed by atoms with Gasteiger partial charge in [0.25, 0.3) is 5.91 Å². The number of fused-ring (bicyclic) bond motifs is 1. The van der Waals surface area contributed by atoms with Crippen molar-refractivity contribution < 1.29 is 33.3 Å². The molecule has 2 aliphatic heterocycles. The zero-order valence-corrected chi connectivity index (χ0v) is 15.0. The highest BCUT2D eigenvalue weighted by Gasteiger charge is 2.31. The lowest BCUT2D eigenvalue weighted by Gasteiger charge is -2.21. The van der Waals surface area contributed by atoms with E-state index in [4.69, 9.17) is 18.9 Å². The number of nitrogens with zero attached hydrogens (tertiary/aromatic N) is 1. The Labute approximate surface area is 155 Å². The molecule has 1 fully saturated rings. The Hall–Kier alpha value is -3.23. The van der Waals surface area contributed by atoms with Crippen molar-refractivity contribution in [3.05, 3.63) is 23.8 Å². The average Bonchev–Trinajstić information content (AvgIpc) is 3.10. The van der Waals surface area contributed by atoms with Crippen LogP contribution in [0.3, 0.4) is 0 Å². The molecule has 1 aromatic carbocycles. The maximum atomic E-state index is 12.1. The summed E-state index contributed by atoms with van der Waals surface area (Å²) in [5, 5.41) is 2.52. The van der Waals surface area contributed by atoms with Gasteiger partial charge in [-0.25, -0.2) is 9.59 Å². The molecule has 0 aromatic heterocycles. The third-order valence-electron chi connectivity index (χ3n) is 4.03. The molecule has 0 bridgehead atoms. The fraction of sp³-hybridized carbons (Fsp3) is 0.389. The highest BCUT2D eigenvalue weighted by molar-refractivity contribution is 5.99. The van der Waals surface area contributed by atoms with E-state index in [0.717, 1.165) is 4.90 Å². The molecule has 0 unspecified atom stereocenters. The molecule has 27 heavy (non-hydrogen) atoms. The summed E-state index contributed by atoms with van der Waals surface area (Å²) in [6, 6.07) is 2.92. The van der Waals surface area contributed by atoms with Crippen LogP contribution in [0, 0.1) is 0 Å². The largest absolute Gasteiger partial charge is 0.493 e. The van der Waals surface area contributed by atoms with Crippen LogP contribution in [0.1, 0.15) is 12.5 Å². The quantitative estimate of drug-likeness (QED) is 0.603. The van der Waals surface area contributed by atoms with Crippen molar-refractivity contribution in [3.63, 3.8) is 0 Å². The van der Waals surface area contributed by atoms with E-state index >= 15 is 0 Å². The zero-order chi connectivity index (χ0) is 19.4. The van der Waals surface area contributed by atoms with Crippen molar-refractivity contribution in [2.24, 2.45) is 0 Å². The Balaban J connectivity index is 1.64. The number of urea groups is 1. The Bertz CT molecular complexity index is 773. The van der Waals surface area contributed by atoms with Crippen molar-refractivity contribution in [1.82, 2.24) is 10.2 Å². The highest BCUT2D eigenvalue weighted by atomic mass is 16.6. The van der Waals surface area contributed by atoms with Crippen LogP contribution >= 0.6 is 0 Å². The van der Waals surface area contributed by atoms with E-state index in [0.29, 0.717) is 42.6 Å². The van der Waals surface area contributed by atoms with Gasteiger partial charge in [-0.2, -0.15) is 0 Å². The lowest BCUT2D eigenvalue weighted by molar-refractivity contribution is -0.153. The van der Waals surface area contributed by atoms with Crippen molar-refractivity contribution in [1.29, 1.82) is 0 Å². The van der Waals surface area contributed by atoms with Crippen molar-refractivity contribution in [2.75, 3.05) is 33.4 Å². The van der Waals surface area contributed by atoms with Crippen LogP contribution in [0.5, 0.6) is 17.2 Å². The zero-order valence-electron chi connectivity index (χ0n) is 15.0. The Morgan fingerprint density at radius 3 is 2.78 bits per heavy atom. The second-order valence-electron chi connectivity index (χ2n) is 5.88. The molecule has 3 rings (SSSR count). The first kappa shape index (κ1) is 18.6. The maximum Gasteiger partial charge on any atom is 0.331 e. The van der Waals surface area contributed by atoms with Crippen molar-refractivity contribution >= 4 is 24.0 Å². The highest BCUT2D eigenvalue weighted by Crippen LogP contribution is 2.40. The van der Waals surface area contributed by atoms with Gasteiger partial charge in [0.2, 0.25) is 5.75 Å². The monoisotopic (exact) mass is 376 g/mol. The van der Waals surface area contributed by atoms with Crippen LogP contribution < -0.4 is 19.5 Å². The lowest BCUT2D eigenvalue weighted by Crippen LogP contribution is -2.41. The van der Waals surface area contributed by atoms with Crippen molar-refractivity contribution in [3.8, 4) is 17.2 Å². The molecule has 1 aromatic rings. The summed E-state index contributed by atoms with van der Waals surface area (Å²) in [5.41, 5.74) is 0.644. The van der Waals surface area contributed by atoms with E-state index < -0.39 is 24.0 Å². The van der Waals surface area contributed by atoms with Crippen LogP contribution in [-0.2, 0) is 14.3 Å². The minimum Gasteiger partial charge on any atom is -0.493 e. The molecule has 2 heterocycles. The maximum absolute atomic E-state index is 12.1. The molecule has 3 amide bonds. The topological polar surface area (TPSA) is 103 Å². The number of methoxy groups -OCH3 is 1. The first-order valence-electron chi connectivity index (χ1n) is 8.45. The summed E-state index contributed by atoms with van der Waals surface area (Å²) in [6.45, 7) is 2.93. The van der Waals surface area contributed by atoms with Crippen LogP contribution in [0.25, 0.3) is 6.08 Å². The van der Waals surface area contributed by atoms with Crippen LogP contribution in [0.2, 0.25) is 0 Å². The second kappa shape index (κ2) is 7.98. The normalized spacial score (nSPS) is 16.8. The summed E-state index contributed by atoms with van der Waals surface area (Å²) >= 11 is 0. The van der Waals surface area contributed by atoms with Crippen LogP contribution in [-0.4, -0.2) is 62.3 Å². The molecule has 9 nitrogen and oxygen atoms in total. The molecular formula is C18H20N2O7. The average molecular weight is 376 g/mol. The number of benzene rings is 1. The number of amides is 3. The lowest BCUT2D eigenvalue weighted by atomic mass is 10.1. The summed E-state index contributed by atoms with van der Waals surface area (Å²) in [7, 11) is 1.51. The number of hydrogen-bond acceptors (Lipinski definition) is 7. The van der Waals surface area contributed by atoms with Gasteiger partial charge in [0.15, 0.2) is 17.6 Å². The summed E-state index contributed by atoms with van der Waals surface area (Å²) in [5.74, 6) is 0.268. The van der Waals surface area contributed by atoms with E-state index in [9.17, 15) is 14.4 Å². The van der Waals surface area contributed by atoms with E-state index in [2.05, 4.69) is 5.32 Å². The summed E-state index contributed by atoms with van der Waals surface area (Å²) in [6.07, 6.45) is 1.64. The van der Waals surface area contributed by atoms with Gasteiger partial charge in [0, 0.05) is 19.2 Å². The Morgan fingerprint density at radius 1 is 1.30 bits per heavy atom. The van der Waals surface area contributed by atoms with Gasteiger partial charge >= 0.3 is 12.0 Å². The van der Waals surface area contributed by atoms with Crippen LogP contribution in [0.15, 0.2) is 18.2 Å². The standard InChI is InChI=1S/C18H20N2O7/c1-11(17(22)20-6-5-19-18(20)23)27-15(21)4-3-12-9-13(24-2)16-14(10-12)25-7-8-26-16/h3-4,9-11H,5-8H2,1-2H3,(H,19,23)/b4-3+/t11-/m1/s1. The molecule has 1 saturated heterocycles. The van der Waals surface area contributed by atoms with Gasteiger partial charge in [-0.15, -0.1) is 0 Å². The molecule has 1 atom stereocenters. The van der Waals surface area contributed by atoms with Gasteiger partial charge in [0.1, 0.15) is 13.2 Å². The Kier molecular flexibility index (Phi) is 5.49. The van der Waals surface area contributed by atoms with Crippen LogP contribution in [0.4, 0.5) is 4.79 Å². The van der Waals surface area contributed by atoms with E-state index in [-0.39, 0.29) is 6.54 Å². The first-order valence-corrected chi connectivity index (χ1v) is 8.45. The van der Waals surface area contributed by atoms with Gasteiger partial charge in [-0.3, -0.25) is 9.69 Å². The van der Waals surface area contributed by atoms with Crippen molar-refractivity contribution in [2.45, 2.75) is 13.0 Å². The second-order valence-corrected chi connectivity index (χ2v) is 5.88. The molecule has 0 radical (unpaired) electrons. The van der Waals surface area contributed by atoms with Gasteiger partial charge < -0.3 is 24.3 Å². The van der Waals surface area contributed by atoms with Gasteiger partial charge in [-0.1, -0.05) is 0 Å². The molecule has 2 aliphatic rings. The fourth-order valence-corrected chi connectivity index (χ4v) is 2.72. The molecule has 9 heteroatoms. The molecular weight excluding hydrogens is 356 g/mol. The Morgan fingerprint density at radius 2 is 2.07 bits per heavy atom. The number of esters is 1. The minimum absolute atomic E-state index is 0.256. The number of rotatable bonds is 5. The molecule has 0 spiro atoms. The molecule has 0 saturated carbocycles. The SMILES string of the molecule is COc1cc(/C=C/C(=O)O[C@H](C)C(=O)N2CCNC2=O)cc2c1OCCO2. The number of carbonyl (C=O) groups is 3. The number of ether oxygens (including phenoxy) is 4. The smallest absolute Gasteiger partial charge is 0.331 e. The third kappa shape index (κ3) is 4.13. The molecule has 144 valence electrons. The third-order valence-corrected chi connectivity index (χ3v) is 4.03. The minimum atomic E-state index is -1.07.